The molecule has 152 valence electrons. The van der Waals surface area contributed by atoms with Crippen molar-refractivity contribution < 1.29 is 22.7 Å². The van der Waals surface area contributed by atoms with Crippen LogP contribution in [0.2, 0.25) is 0 Å². The monoisotopic (exact) mass is 398 g/mol. The Balaban J connectivity index is 1.70. The van der Waals surface area contributed by atoms with Crippen molar-refractivity contribution in [2.45, 2.75) is 44.6 Å². The lowest BCUT2D eigenvalue weighted by Crippen LogP contribution is -2.43. The lowest BCUT2D eigenvalue weighted by Gasteiger charge is -2.32. The molecule has 0 aliphatic heterocycles. The van der Waals surface area contributed by atoms with E-state index in [0.717, 1.165) is 37.9 Å². The quantitative estimate of drug-likeness (QED) is 0.611. The Morgan fingerprint density at radius 3 is 2.37 bits per heavy atom. The molecule has 0 bridgehead atoms. The van der Waals surface area contributed by atoms with Crippen LogP contribution < -0.4 is 14.8 Å². The molecule has 2 rings (SSSR count). The summed E-state index contributed by atoms with van der Waals surface area (Å²) >= 11 is 0. The van der Waals surface area contributed by atoms with Crippen LogP contribution in [0.1, 0.15) is 38.5 Å². The number of methoxy groups -OCH3 is 1. The molecule has 0 spiro atoms. The van der Waals surface area contributed by atoms with Crippen LogP contribution in [0.3, 0.4) is 0 Å². The zero-order valence-electron chi connectivity index (χ0n) is 16.1. The molecule has 27 heavy (non-hydrogen) atoms. The first-order valence-electron chi connectivity index (χ1n) is 9.40. The Kier molecular flexibility index (Phi) is 8.37. The van der Waals surface area contributed by atoms with Gasteiger partial charge in [-0.25, -0.2) is 8.42 Å². The second kappa shape index (κ2) is 10.5. The highest BCUT2D eigenvalue weighted by Crippen LogP contribution is 2.24. The first-order chi connectivity index (χ1) is 12.9. The zero-order valence-corrected chi connectivity index (χ0v) is 17.0. The van der Waals surface area contributed by atoms with Gasteiger partial charge >= 0.3 is 0 Å². The number of hydrogen-bond acceptors (Lipinski definition) is 5. The Bertz CT molecular complexity index is 685. The number of nitrogens with one attached hydrogen (secondary N) is 1. The van der Waals surface area contributed by atoms with E-state index in [4.69, 9.17) is 9.47 Å². The number of carbonyl (C=O) groups excluding carboxylic acids is 1. The van der Waals surface area contributed by atoms with Gasteiger partial charge in [-0.2, -0.15) is 4.31 Å². The first-order valence-corrected chi connectivity index (χ1v) is 11.3. The van der Waals surface area contributed by atoms with Gasteiger partial charge in [-0.05, 0) is 37.1 Å². The van der Waals surface area contributed by atoms with E-state index in [1.54, 1.807) is 31.4 Å². The summed E-state index contributed by atoms with van der Waals surface area (Å²) in [4.78, 5) is 12.0. The fourth-order valence-corrected chi connectivity index (χ4v) is 4.49. The van der Waals surface area contributed by atoms with Crippen molar-refractivity contribution in [3.8, 4) is 11.5 Å². The molecule has 1 aromatic carbocycles. The Morgan fingerprint density at radius 2 is 1.78 bits per heavy atom. The maximum Gasteiger partial charge on any atom is 0.221 e. The van der Waals surface area contributed by atoms with E-state index in [1.165, 1.54) is 10.6 Å². The molecule has 1 aliphatic rings. The highest BCUT2D eigenvalue weighted by Gasteiger charge is 2.28. The van der Waals surface area contributed by atoms with Gasteiger partial charge in [-0.3, -0.25) is 4.79 Å². The third kappa shape index (κ3) is 7.38. The molecule has 0 heterocycles. The fourth-order valence-electron chi connectivity index (χ4n) is 3.32. The van der Waals surface area contributed by atoms with Crippen molar-refractivity contribution in [1.29, 1.82) is 0 Å². The molecule has 0 atom stereocenters. The van der Waals surface area contributed by atoms with Crippen molar-refractivity contribution in [1.82, 2.24) is 9.62 Å². The normalized spacial score (nSPS) is 15.5. The molecule has 0 unspecified atom stereocenters. The largest absolute Gasteiger partial charge is 0.497 e. The van der Waals surface area contributed by atoms with Crippen molar-refractivity contribution in [2.75, 3.05) is 33.1 Å². The number of nitrogens with zero attached hydrogens (tertiary/aromatic N) is 1. The number of hydrogen-bond donors (Lipinski definition) is 1. The maximum atomic E-state index is 12.1. The standard InChI is InChI=1S/C19H30N2O5S/c1-25-17-8-10-18(11-9-17)26-15-13-20-19(22)12-14-21(27(2,23)24)16-6-4-3-5-7-16/h8-11,16H,3-7,12-15H2,1-2H3,(H,20,22). The highest BCUT2D eigenvalue weighted by atomic mass is 32.2. The summed E-state index contributed by atoms with van der Waals surface area (Å²) in [5, 5.41) is 2.78. The number of amides is 1. The SMILES string of the molecule is COc1ccc(OCCNC(=O)CCN(C2CCCCC2)S(C)(=O)=O)cc1. The molecule has 0 radical (unpaired) electrons. The number of ether oxygens (including phenoxy) is 2. The summed E-state index contributed by atoms with van der Waals surface area (Å²) in [6, 6.07) is 7.24. The van der Waals surface area contributed by atoms with Gasteiger partial charge in [0.05, 0.1) is 19.9 Å². The summed E-state index contributed by atoms with van der Waals surface area (Å²) < 4.78 is 36.3. The maximum absolute atomic E-state index is 12.1. The molecule has 1 saturated carbocycles. The summed E-state index contributed by atoms with van der Waals surface area (Å²) in [6.45, 7) is 0.943. The van der Waals surface area contributed by atoms with Crippen LogP contribution in [-0.4, -0.2) is 57.7 Å². The van der Waals surface area contributed by atoms with E-state index >= 15 is 0 Å². The van der Waals surface area contributed by atoms with Crippen molar-refractivity contribution >= 4 is 15.9 Å². The van der Waals surface area contributed by atoms with Gasteiger partial charge in [0.2, 0.25) is 15.9 Å². The molecular weight excluding hydrogens is 368 g/mol. The summed E-state index contributed by atoms with van der Waals surface area (Å²) in [5.41, 5.74) is 0. The summed E-state index contributed by atoms with van der Waals surface area (Å²) in [5.74, 6) is 1.28. The number of rotatable bonds is 10. The summed E-state index contributed by atoms with van der Waals surface area (Å²) in [6.07, 6.45) is 6.39. The molecule has 1 N–H and O–H groups in total. The molecular formula is C19H30N2O5S. The average molecular weight is 399 g/mol. The van der Waals surface area contributed by atoms with E-state index in [1.807, 2.05) is 0 Å². The fraction of sp³-hybridized carbons (Fsp3) is 0.632. The van der Waals surface area contributed by atoms with E-state index < -0.39 is 10.0 Å². The van der Waals surface area contributed by atoms with Gasteiger partial charge in [0, 0.05) is 19.0 Å². The van der Waals surface area contributed by atoms with Gasteiger partial charge in [-0.1, -0.05) is 19.3 Å². The van der Waals surface area contributed by atoms with E-state index in [9.17, 15) is 13.2 Å². The van der Waals surface area contributed by atoms with Gasteiger partial charge in [0.15, 0.2) is 0 Å². The van der Waals surface area contributed by atoms with E-state index in [0.29, 0.717) is 18.9 Å². The van der Waals surface area contributed by atoms with Crippen LogP contribution in [0.15, 0.2) is 24.3 Å². The predicted molar refractivity (Wildman–Crippen MR) is 105 cm³/mol. The molecule has 1 amide bonds. The minimum atomic E-state index is -3.31. The van der Waals surface area contributed by atoms with Gasteiger partial charge in [-0.15, -0.1) is 0 Å². The predicted octanol–water partition coefficient (Wildman–Crippen LogP) is 2.17. The van der Waals surface area contributed by atoms with Crippen LogP contribution >= 0.6 is 0 Å². The van der Waals surface area contributed by atoms with E-state index in [2.05, 4.69) is 5.32 Å². The van der Waals surface area contributed by atoms with Crippen LogP contribution in [0.4, 0.5) is 0 Å². The number of carbonyl (C=O) groups is 1. The van der Waals surface area contributed by atoms with E-state index in [-0.39, 0.29) is 24.9 Å². The lowest BCUT2D eigenvalue weighted by molar-refractivity contribution is -0.121. The Hall–Kier alpha value is -1.80. The zero-order chi connectivity index (χ0) is 19.7. The molecule has 7 nitrogen and oxygen atoms in total. The molecule has 0 aromatic heterocycles. The van der Waals surface area contributed by atoms with Crippen LogP contribution in [-0.2, 0) is 14.8 Å². The van der Waals surface area contributed by atoms with Gasteiger partial charge in [0.25, 0.3) is 0 Å². The first kappa shape index (κ1) is 21.5. The molecule has 8 heteroatoms. The Morgan fingerprint density at radius 1 is 1.15 bits per heavy atom. The van der Waals surface area contributed by atoms with Crippen molar-refractivity contribution in [3.05, 3.63) is 24.3 Å². The van der Waals surface area contributed by atoms with Crippen LogP contribution in [0, 0.1) is 0 Å². The molecule has 1 aliphatic carbocycles. The molecule has 0 saturated heterocycles. The second-order valence-electron chi connectivity index (χ2n) is 6.79. The number of benzene rings is 1. The van der Waals surface area contributed by atoms with Crippen LogP contribution in [0.5, 0.6) is 11.5 Å². The third-order valence-corrected chi connectivity index (χ3v) is 6.05. The highest BCUT2D eigenvalue weighted by molar-refractivity contribution is 7.88. The smallest absolute Gasteiger partial charge is 0.221 e. The third-order valence-electron chi connectivity index (χ3n) is 4.72. The van der Waals surface area contributed by atoms with Crippen molar-refractivity contribution in [2.24, 2.45) is 0 Å². The molecule has 1 fully saturated rings. The Labute approximate surface area is 162 Å². The minimum Gasteiger partial charge on any atom is -0.497 e. The topological polar surface area (TPSA) is 84.9 Å². The van der Waals surface area contributed by atoms with Crippen molar-refractivity contribution in [3.63, 3.8) is 0 Å². The second-order valence-corrected chi connectivity index (χ2v) is 8.72. The summed E-state index contributed by atoms with van der Waals surface area (Å²) in [7, 11) is -1.71. The minimum absolute atomic E-state index is 0.0277. The van der Waals surface area contributed by atoms with Gasteiger partial charge < -0.3 is 14.8 Å². The van der Waals surface area contributed by atoms with Gasteiger partial charge in [0.1, 0.15) is 18.1 Å². The molecule has 1 aromatic rings. The van der Waals surface area contributed by atoms with Crippen LogP contribution in [0.25, 0.3) is 0 Å². The number of sulfonamides is 1. The average Bonchev–Trinajstić information content (AvgIpc) is 2.65. The lowest BCUT2D eigenvalue weighted by atomic mass is 9.95.